The first-order valence-electron chi connectivity index (χ1n) is 5.86. The van der Waals surface area contributed by atoms with E-state index in [1.807, 2.05) is 19.1 Å². The van der Waals surface area contributed by atoms with E-state index in [-0.39, 0.29) is 12.6 Å². The van der Waals surface area contributed by atoms with E-state index in [0.29, 0.717) is 12.5 Å². The van der Waals surface area contributed by atoms with Crippen LogP contribution in [0.1, 0.15) is 24.0 Å². The Labute approximate surface area is 96.0 Å². The van der Waals surface area contributed by atoms with E-state index in [1.165, 1.54) is 0 Å². The summed E-state index contributed by atoms with van der Waals surface area (Å²) in [6.45, 7) is 4.68. The monoisotopic (exact) mass is 224 g/mol. The molecule has 2 rings (SSSR count). The van der Waals surface area contributed by atoms with Gasteiger partial charge in [0.25, 0.3) is 0 Å². The molecule has 3 N–H and O–H groups in total. The number of furan rings is 1. The fourth-order valence-electron chi connectivity index (χ4n) is 2.37. The van der Waals surface area contributed by atoms with Crippen LogP contribution in [-0.2, 0) is 0 Å². The maximum atomic E-state index is 9.13. The number of aliphatic hydroxyl groups excluding tert-OH is 1. The van der Waals surface area contributed by atoms with E-state index in [1.54, 1.807) is 0 Å². The molecule has 0 saturated carbocycles. The second kappa shape index (κ2) is 4.99. The first-order valence-corrected chi connectivity index (χ1v) is 5.86. The van der Waals surface area contributed by atoms with Gasteiger partial charge in [-0.2, -0.15) is 0 Å². The molecule has 1 aromatic rings. The molecule has 2 atom stereocenters. The van der Waals surface area contributed by atoms with Crippen LogP contribution in [0.5, 0.6) is 0 Å². The van der Waals surface area contributed by atoms with Crippen molar-refractivity contribution in [2.24, 2.45) is 11.7 Å². The summed E-state index contributed by atoms with van der Waals surface area (Å²) < 4.78 is 5.63. The molecule has 4 nitrogen and oxygen atoms in total. The number of hydrogen-bond donors (Lipinski definition) is 2. The highest BCUT2D eigenvalue weighted by molar-refractivity contribution is 5.11. The summed E-state index contributed by atoms with van der Waals surface area (Å²) in [6.07, 6.45) is 1.05. The van der Waals surface area contributed by atoms with Crippen LogP contribution in [0.3, 0.4) is 0 Å². The quantitative estimate of drug-likeness (QED) is 0.797. The van der Waals surface area contributed by atoms with Crippen molar-refractivity contribution in [3.63, 3.8) is 0 Å². The van der Waals surface area contributed by atoms with Gasteiger partial charge < -0.3 is 15.3 Å². The Kier molecular flexibility index (Phi) is 3.63. The van der Waals surface area contributed by atoms with Crippen LogP contribution < -0.4 is 5.73 Å². The Hall–Kier alpha value is -0.840. The van der Waals surface area contributed by atoms with Crippen molar-refractivity contribution in [1.29, 1.82) is 0 Å². The maximum Gasteiger partial charge on any atom is 0.122 e. The van der Waals surface area contributed by atoms with Gasteiger partial charge >= 0.3 is 0 Å². The van der Waals surface area contributed by atoms with E-state index >= 15 is 0 Å². The van der Waals surface area contributed by atoms with E-state index in [0.717, 1.165) is 31.0 Å². The second-order valence-electron chi connectivity index (χ2n) is 4.53. The van der Waals surface area contributed by atoms with Crippen molar-refractivity contribution in [3.8, 4) is 0 Å². The first kappa shape index (κ1) is 11.6. The zero-order valence-corrected chi connectivity index (χ0v) is 9.72. The Balaban J connectivity index is 2.06. The summed E-state index contributed by atoms with van der Waals surface area (Å²) in [5, 5.41) is 9.13. The minimum absolute atomic E-state index is 0.158. The van der Waals surface area contributed by atoms with Crippen molar-refractivity contribution in [2.45, 2.75) is 19.4 Å². The van der Waals surface area contributed by atoms with Crippen LogP contribution >= 0.6 is 0 Å². The Morgan fingerprint density at radius 1 is 1.62 bits per heavy atom. The summed E-state index contributed by atoms with van der Waals surface area (Å²) in [5.74, 6) is 2.26. The number of rotatable bonds is 4. The predicted molar refractivity (Wildman–Crippen MR) is 62.0 cm³/mol. The molecular formula is C12H20N2O2. The van der Waals surface area contributed by atoms with Gasteiger partial charge in [-0.25, -0.2) is 0 Å². The van der Waals surface area contributed by atoms with Gasteiger partial charge in [-0.1, -0.05) is 0 Å². The molecule has 90 valence electrons. The van der Waals surface area contributed by atoms with Gasteiger partial charge in [0.05, 0.1) is 6.04 Å². The molecule has 1 fully saturated rings. The van der Waals surface area contributed by atoms with Gasteiger partial charge in [-0.15, -0.1) is 0 Å². The molecule has 0 amide bonds. The largest absolute Gasteiger partial charge is 0.465 e. The molecule has 0 radical (unpaired) electrons. The van der Waals surface area contributed by atoms with Crippen LogP contribution in [0.15, 0.2) is 16.5 Å². The lowest BCUT2D eigenvalue weighted by atomic mass is 10.1. The highest BCUT2D eigenvalue weighted by Crippen LogP contribution is 2.27. The van der Waals surface area contributed by atoms with Crippen molar-refractivity contribution < 1.29 is 9.52 Å². The minimum atomic E-state index is 0.158. The van der Waals surface area contributed by atoms with Gasteiger partial charge in [0, 0.05) is 19.7 Å². The lowest BCUT2D eigenvalue weighted by Gasteiger charge is -2.24. The number of nitrogens with zero attached hydrogens (tertiary/aromatic N) is 1. The maximum absolute atomic E-state index is 9.13. The average molecular weight is 224 g/mol. The molecule has 0 aromatic carbocycles. The van der Waals surface area contributed by atoms with E-state index in [2.05, 4.69) is 4.90 Å². The summed E-state index contributed by atoms with van der Waals surface area (Å²) >= 11 is 0. The van der Waals surface area contributed by atoms with Crippen LogP contribution in [0.2, 0.25) is 0 Å². The van der Waals surface area contributed by atoms with Gasteiger partial charge in [-0.3, -0.25) is 4.90 Å². The third kappa shape index (κ3) is 2.29. The number of nitrogens with two attached hydrogens (primary N) is 1. The summed E-state index contributed by atoms with van der Waals surface area (Å²) in [4.78, 5) is 2.30. The predicted octanol–water partition coefficient (Wildman–Crippen LogP) is 0.902. The highest BCUT2D eigenvalue weighted by atomic mass is 16.3. The van der Waals surface area contributed by atoms with Gasteiger partial charge in [0.15, 0.2) is 0 Å². The molecule has 1 aliphatic heterocycles. The standard InChI is InChI=1S/C12H20N2O2/c1-9-2-3-12(16-9)11(6-13)14-5-4-10(7-14)8-15/h2-3,10-11,15H,4-8,13H2,1H3. The lowest BCUT2D eigenvalue weighted by molar-refractivity contribution is 0.186. The third-order valence-electron chi connectivity index (χ3n) is 3.33. The molecule has 1 aliphatic rings. The summed E-state index contributed by atoms with van der Waals surface area (Å²) in [6, 6.07) is 4.13. The molecule has 1 aromatic heterocycles. The Morgan fingerprint density at radius 2 is 2.44 bits per heavy atom. The number of aryl methyl sites for hydroxylation is 1. The van der Waals surface area contributed by atoms with Gasteiger partial charge in [0.1, 0.15) is 11.5 Å². The minimum Gasteiger partial charge on any atom is -0.465 e. The molecule has 0 bridgehead atoms. The fraction of sp³-hybridized carbons (Fsp3) is 0.667. The molecule has 16 heavy (non-hydrogen) atoms. The molecule has 2 heterocycles. The van der Waals surface area contributed by atoms with E-state index < -0.39 is 0 Å². The normalized spacial score (nSPS) is 23.8. The first-order chi connectivity index (χ1) is 7.74. The lowest BCUT2D eigenvalue weighted by Crippen LogP contribution is -2.32. The van der Waals surface area contributed by atoms with E-state index in [4.69, 9.17) is 15.3 Å². The average Bonchev–Trinajstić information content (AvgIpc) is 2.89. The SMILES string of the molecule is Cc1ccc(C(CN)N2CCC(CO)C2)o1. The van der Waals surface area contributed by atoms with Crippen LogP contribution in [0.4, 0.5) is 0 Å². The Morgan fingerprint density at radius 3 is 2.94 bits per heavy atom. The number of likely N-dealkylation sites (tertiary alicyclic amines) is 1. The molecule has 1 saturated heterocycles. The molecule has 0 spiro atoms. The summed E-state index contributed by atoms with van der Waals surface area (Å²) in [5.41, 5.74) is 5.82. The molecule has 0 aliphatic carbocycles. The van der Waals surface area contributed by atoms with Crippen molar-refractivity contribution in [1.82, 2.24) is 4.90 Å². The highest BCUT2D eigenvalue weighted by Gasteiger charge is 2.29. The fourth-order valence-corrected chi connectivity index (χ4v) is 2.37. The van der Waals surface area contributed by atoms with Crippen molar-refractivity contribution in [3.05, 3.63) is 23.7 Å². The number of aliphatic hydroxyl groups is 1. The molecular weight excluding hydrogens is 204 g/mol. The zero-order valence-electron chi connectivity index (χ0n) is 9.72. The zero-order chi connectivity index (χ0) is 11.5. The third-order valence-corrected chi connectivity index (χ3v) is 3.33. The topological polar surface area (TPSA) is 62.6 Å². The Bertz CT molecular complexity index is 338. The summed E-state index contributed by atoms with van der Waals surface area (Å²) in [7, 11) is 0. The van der Waals surface area contributed by atoms with E-state index in [9.17, 15) is 0 Å². The van der Waals surface area contributed by atoms with Crippen LogP contribution in [0.25, 0.3) is 0 Å². The number of hydrogen-bond acceptors (Lipinski definition) is 4. The van der Waals surface area contributed by atoms with Crippen LogP contribution in [0, 0.1) is 12.8 Å². The van der Waals surface area contributed by atoms with Crippen LogP contribution in [-0.4, -0.2) is 36.2 Å². The molecule has 4 heteroatoms. The van der Waals surface area contributed by atoms with Gasteiger partial charge in [0.2, 0.25) is 0 Å². The van der Waals surface area contributed by atoms with Crippen molar-refractivity contribution >= 4 is 0 Å². The van der Waals surface area contributed by atoms with Crippen molar-refractivity contribution in [2.75, 3.05) is 26.2 Å². The smallest absolute Gasteiger partial charge is 0.122 e. The second-order valence-corrected chi connectivity index (χ2v) is 4.53. The van der Waals surface area contributed by atoms with Gasteiger partial charge in [-0.05, 0) is 37.9 Å². The molecule has 2 unspecified atom stereocenters.